The van der Waals surface area contributed by atoms with Crippen molar-refractivity contribution in [2.45, 2.75) is 11.3 Å². The van der Waals surface area contributed by atoms with Gasteiger partial charge in [0, 0.05) is 12.2 Å². The lowest BCUT2D eigenvalue weighted by Gasteiger charge is -2.17. The van der Waals surface area contributed by atoms with Gasteiger partial charge in [-0.2, -0.15) is 0 Å². The van der Waals surface area contributed by atoms with Gasteiger partial charge >= 0.3 is 0 Å². The molecule has 1 aliphatic heterocycles. The van der Waals surface area contributed by atoms with Crippen LogP contribution in [0.2, 0.25) is 0 Å². The van der Waals surface area contributed by atoms with E-state index in [-0.39, 0.29) is 16.4 Å². The van der Waals surface area contributed by atoms with E-state index in [2.05, 4.69) is 4.72 Å². The van der Waals surface area contributed by atoms with Gasteiger partial charge in [0.05, 0.1) is 18.6 Å². The number of methoxy groups -OCH3 is 1. The van der Waals surface area contributed by atoms with Crippen LogP contribution in [-0.2, 0) is 20.0 Å². The van der Waals surface area contributed by atoms with Gasteiger partial charge in [-0.25, -0.2) is 16.8 Å². The largest absolute Gasteiger partial charge is 0.495 e. The Morgan fingerprint density at radius 1 is 1.08 bits per heavy atom. The summed E-state index contributed by atoms with van der Waals surface area (Å²) in [7, 11) is -5.68. The van der Waals surface area contributed by atoms with E-state index in [1.165, 1.54) is 29.6 Å². The van der Waals surface area contributed by atoms with E-state index in [9.17, 15) is 16.8 Å². The Morgan fingerprint density at radius 2 is 1.76 bits per heavy atom. The molecule has 0 aliphatic carbocycles. The number of hydrogen-bond donors (Lipinski definition) is 1. The second-order valence-corrected chi connectivity index (χ2v) is 9.21. The molecule has 1 fully saturated rings. The summed E-state index contributed by atoms with van der Waals surface area (Å²) in [4.78, 5) is 0.0312. The van der Waals surface area contributed by atoms with Crippen molar-refractivity contribution in [3.63, 3.8) is 0 Å². The summed E-state index contributed by atoms with van der Waals surface area (Å²) in [6, 6.07) is 12.6. The molecule has 0 bridgehead atoms. The molecule has 25 heavy (non-hydrogen) atoms. The summed E-state index contributed by atoms with van der Waals surface area (Å²) in [5.74, 6) is 0.379. The minimum Gasteiger partial charge on any atom is -0.495 e. The van der Waals surface area contributed by atoms with E-state index >= 15 is 0 Å². The van der Waals surface area contributed by atoms with Gasteiger partial charge in [-0.15, -0.1) is 0 Å². The molecule has 0 atom stereocenters. The maximum absolute atomic E-state index is 12.5. The van der Waals surface area contributed by atoms with Gasteiger partial charge in [0.2, 0.25) is 10.0 Å². The molecule has 2 aromatic carbocycles. The van der Waals surface area contributed by atoms with E-state index in [1.54, 1.807) is 30.3 Å². The Balaban J connectivity index is 1.84. The zero-order valence-corrected chi connectivity index (χ0v) is 15.2. The number of rotatable bonds is 5. The third kappa shape index (κ3) is 3.57. The molecule has 0 aromatic heterocycles. The van der Waals surface area contributed by atoms with E-state index in [4.69, 9.17) is 4.74 Å². The third-order valence-corrected chi connectivity index (χ3v) is 7.16. The Hall–Kier alpha value is -2.26. The van der Waals surface area contributed by atoms with E-state index < -0.39 is 20.0 Å². The van der Waals surface area contributed by atoms with Crippen molar-refractivity contribution in [3.8, 4) is 5.75 Å². The van der Waals surface area contributed by atoms with E-state index in [0.29, 0.717) is 24.3 Å². The smallest absolute Gasteiger partial charge is 0.265 e. The molecule has 0 spiro atoms. The lowest BCUT2D eigenvalue weighted by Crippen LogP contribution is -2.25. The number of ether oxygens (including phenoxy) is 1. The zero-order valence-electron chi connectivity index (χ0n) is 13.5. The molecule has 1 heterocycles. The van der Waals surface area contributed by atoms with E-state index in [1.807, 2.05) is 0 Å². The van der Waals surface area contributed by atoms with Crippen molar-refractivity contribution in [2.75, 3.05) is 28.4 Å². The van der Waals surface area contributed by atoms with Gasteiger partial charge < -0.3 is 4.74 Å². The van der Waals surface area contributed by atoms with Crippen LogP contribution in [0.4, 0.5) is 11.4 Å². The van der Waals surface area contributed by atoms with Crippen LogP contribution in [0, 0.1) is 0 Å². The van der Waals surface area contributed by atoms with Crippen LogP contribution in [0.1, 0.15) is 6.42 Å². The molecule has 2 aromatic rings. The van der Waals surface area contributed by atoms with Crippen LogP contribution in [0.3, 0.4) is 0 Å². The molecule has 0 unspecified atom stereocenters. The second-order valence-electron chi connectivity index (χ2n) is 5.54. The van der Waals surface area contributed by atoms with Gasteiger partial charge in [0.1, 0.15) is 10.6 Å². The minimum absolute atomic E-state index is 0.0312. The first kappa shape index (κ1) is 17.6. The molecule has 3 rings (SSSR count). The van der Waals surface area contributed by atoms with Crippen LogP contribution in [0.15, 0.2) is 53.4 Å². The number of sulfonamides is 2. The molecular formula is C16H18N2O5S2. The monoisotopic (exact) mass is 382 g/mol. The van der Waals surface area contributed by atoms with Crippen LogP contribution < -0.4 is 13.8 Å². The highest BCUT2D eigenvalue weighted by Crippen LogP contribution is 2.28. The molecule has 0 radical (unpaired) electrons. The Labute approximate surface area is 147 Å². The second kappa shape index (κ2) is 6.57. The zero-order chi connectivity index (χ0) is 18.1. The minimum atomic E-state index is -3.82. The summed E-state index contributed by atoms with van der Waals surface area (Å²) < 4.78 is 57.8. The predicted octanol–water partition coefficient (Wildman–Crippen LogP) is 2.04. The lowest BCUT2D eigenvalue weighted by atomic mass is 10.3. The summed E-state index contributed by atoms with van der Waals surface area (Å²) in [5.41, 5.74) is 0.865. The van der Waals surface area contributed by atoms with Crippen molar-refractivity contribution in [2.24, 2.45) is 0 Å². The van der Waals surface area contributed by atoms with Crippen LogP contribution in [-0.4, -0.2) is 36.2 Å². The summed E-state index contributed by atoms with van der Waals surface area (Å²) in [6.07, 6.45) is 0.588. The van der Waals surface area contributed by atoms with Crippen molar-refractivity contribution < 1.29 is 21.6 Å². The highest BCUT2D eigenvalue weighted by Gasteiger charge is 2.28. The first-order chi connectivity index (χ1) is 11.8. The molecule has 9 heteroatoms. The molecule has 0 saturated carbocycles. The molecule has 1 aliphatic rings. The molecule has 1 N–H and O–H groups in total. The fourth-order valence-electron chi connectivity index (χ4n) is 2.68. The molecule has 7 nitrogen and oxygen atoms in total. The van der Waals surface area contributed by atoms with Crippen molar-refractivity contribution >= 4 is 31.4 Å². The van der Waals surface area contributed by atoms with Crippen LogP contribution in [0.25, 0.3) is 0 Å². The quantitative estimate of drug-likeness (QED) is 0.854. The molecule has 0 amide bonds. The standard InChI is InChI=1S/C16H18N2O5S2/c1-23-15-5-2-3-6-16(15)25(21,22)17-13-7-9-14(10-8-13)18-11-4-12-24(18,19)20/h2-3,5-10,17H,4,11-12H2,1H3. The van der Waals surface area contributed by atoms with Gasteiger partial charge in [0.25, 0.3) is 10.0 Å². The number of para-hydroxylation sites is 1. The fraction of sp³-hybridized carbons (Fsp3) is 0.250. The van der Waals surface area contributed by atoms with Gasteiger partial charge in [-0.05, 0) is 42.8 Å². The summed E-state index contributed by atoms with van der Waals surface area (Å²) in [6.45, 7) is 0.439. The van der Waals surface area contributed by atoms with Gasteiger partial charge in [-0.3, -0.25) is 9.03 Å². The maximum Gasteiger partial charge on any atom is 0.265 e. The highest BCUT2D eigenvalue weighted by molar-refractivity contribution is 7.93. The van der Waals surface area contributed by atoms with Gasteiger partial charge in [-0.1, -0.05) is 12.1 Å². The fourth-order valence-corrected chi connectivity index (χ4v) is 5.47. The summed E-state index contributed by atoms with van der Waals surface area (Å²) in [5, 5.41) is 0. The van der Waals surface area contributed by atoms with Crippen molar-refractivity contribution in [1.29, 1.82) is 0 Å². The predicted molar refractivity (Wildman–Crippen MR) is 96.0 cm³/mol. The average molecular weight is 382 g/mol. The summed E-state index contributed by atoms with van der Waals surface area (Å²) >= 11 is 0. The first-order valence-corrected chi connectivity index (χ1v) is 10.7. The lowest BCUT2D eigenvalue weighted by molar-refractivity contribution is 0.403. The molecule has 1 saturated heterocycles. The first-order valence-electron chi connectivity index (χ1n) is 7.60. The average Bonchev–Trinajstić information content (AvgIpc) is 2.94. The molecular weight excluding hydrogens is 364 g/mol. The normalized spacial score (nSPS) is 16.6. The van der Waals surface area contributed by atoms with Crippen molar-refractivity contribution in [1.82, 2.24) is 0 Å². The highest BCUT2D eigenvalue weighted by atomic mass is 32.2. The van der Waals surface area contributed by atoms with E-state index in [0.717, 1.165) is 0 Å². The van der Waals surface area contributed by atoms with Crippen LogP contribution in [0.5, 0.6) is 5.75 Å². The van der Waals surface area contributed by atoms with Gasteiger partial charge in [0.15, 0.2) is 0 Å². The number of hydrogen-bond acceptors (Lipinski definition) is 5. The number of nitrogens with one attached hydrogen (secondary N) is 1. The molecule has 134 valence electrons. The topological polar surface area (TPSA) is 92.8 Å². The maximum atomic E-state index is 12.5. The van der Waals surface area contributed by atoms with Crippen LogP contribution >= 0.6 is 0 Å². The third-order valence-electron chi connectivity index (χ3n) is 3.87. The Kier molecular flexibility index (Phi) is 4.61. The number of anilines is 2. The SMILES string of the molecule is COc1ccccc1S(=O)(=O)Nc1ccc(N2CCCS2(=O)=O)cc1. The van der Waals surface area contributed by atoms with Crippen molar-refractivity contribution in [3.05, 3.63) is 48.5 Å². The Morgan fingerprint density at radius 3 is 2.36 bits per heavy atom. The Bertz CT molecular complexity index is 970. The number of nitrogens with zero attached hydrogens (tertiary/aromatic N) is 1. The number of benzene rings is 2.